The number of nitrogens with zero attached hydrogens (tertiary/aromatic N) is 2. The Kier molecular flexibility index (Phi) is 5.13. The Balaban J connectivity index is 1.45. The van der Waals surface area contributed by atoms with Crippen molar-refractivity contribution in [3.63, 3.8) is 0 Å². The van der Waals surface area contributed by atoms with Crippen LogP contribution in [0.5, 0.6) is 0 Å². The molecule has 1 saturated carbocycles. The molecule has 2 unspecified atom stereocenters. The molecule has 0 radical (unpaired) electrons. The lowest BCUT2D eigenvalue weighted by atomic mass is 9.83. The van der Waals surface area contributed by atoms with Crippen LogP contribution in [0, 0.1) is 5.92 Å². The number of rotatable bonds is 4. The van der Waals surface area contributed by atoms with Crippen molar-refractivity contribution in [1.82, 2.24) is 10.3 Å². The first-order chi connectivity index (χ1) is 10.3. The van der Waals surface area contributed by atoms with Gasteiger partial charge in [-0.25, -0.2) is 4.98 Å². The quantitative estimate of drug-likeness (QED) is 0.917. The topological polar surface area (TPSA) is 28.2 Å². The van der Waals surface area contributed by atoms with Crippen LogP contribution in [0.4, 0.5) is 5.82 Å². The zero-order valence-corrected chi connectivity index (χ0v) is 13.3. The first-order valence-electron chi connectivity index (χ1n) is 8.77. The van der Waals surface area contributed by atoms with Crippen LogP contribution in [0.25, 0.3) is 0 Å². The fourth-order valence-corrected chi connectivity index (χ4v) is 3.96. The maximum atomic E-state index is 4.47. The summed E-state index contributed by atoms with van der Waals surface area (Å²) in [4.78, 5) is 6.89. The molecule has 2 heterocycles. The van der Waals surface area contributed by atoms with Gasteiger partial charge in [0.1, 0.15) is 5.82 Å². The molecule has 1 aromatic heterocycles. The molecule has 3 nitrogen and oxygen atoms in total. The highest BCUT2D eigenvalue weighted by molar-refractivity contribution is 5.38. The van der Waals surface area contributed by atoms with E-state index in [1.807, 2.05) is 12.3 Å². The zero-order valence-electron chi connectivity index (χ0n) is 13.3. The Morgan fingerprint density at radius 1 is 1.14 bits per heavy atom. The van der Waals surface area contributed by atoms with Crippen molar-refractivity contribution in [3.05, 3.63) is 24.4 Å². The third-order valence-electron chi connectivity index (χ3n) is 5.30. The lowest BCUT2D eigenvalue weighted by Gasteiger charge is -2.37. The van der Waals surface area contributed by atoms with Gasteiger partial charge in [-0.15, -0.1) is 0 Å². The summed E-state index contributed by atoms with van der Waals surface area (Å²) in [5, 5.41) is 3.95. The van der Waals surface area contributed by atoms with Gasteiger partial charge in [0.25, 0.3) is 0 Å². The normalized spacial score (nSPS) is 27.8. The summed E-state index contributed by atoms with van der Waals surface area (Å²) in [5.74, 6) is 2.10. The number of piperidine rings is 1. The van der Waals surface area contributed by atoms with Crippen LogP contribution in [0.15, 0.2) is 24.4 Å². The maximum absolute atomic E-state index is 4.47. The van der Waals surface area contributed by atoms with Gasteiger partial charge in [-0.1, -0.05) is 32.3 Å². The van der Waals surface area contributed by atoms with Crippen molar-refractivity contribution in [2.45, 2.75) is 64.0 Å². The van der Waals surface area contributed by atoms with Gasteiger partial charge in [-0.3, -0.25) is 0 Å². The molecule has 1 N–H and O–H groups in total. The van der Waals surface area contributed by atoms with E-state index >= 15 is 0 Å². The second-order valence-electron chi connectivity index (χ2n) is 6.75. The van der Waals surface area contributed by atoms with E-state index < -0.39 is 0 Å². The number of anilines is 1. The molecule has 21 heavy (non-hydrogen) atoms. The fraction of sp³-hybridized carbons (Fsp3) is 0.722. The van der Waals surface area contributed by atoms with E-state index in [4.69, 9.17) is 0 Å². The van der Waals surface area contributed by atoms with E-state index in [1.54, 1.807) is 0 Å². The van der Waals surface area contributed by atoms with Gasteiger partial charge < -0.3 is 10.2 Å². The van der Waals surface area contributed by atoms with Crippen molar-refractivity contribution < 1.29 is 0 Å². The molecule has 3 heteroatoms. The highest BCUT2D eigenvalue weighted by Crippen LogP contribution is 2.27. The van der Waals surface area contributed by atoms with Gasteiger partial charge in [0, 0.05) is 31.4 Å². The highest BCUT2D eigenvalue weighted by atomic mass is 15.2. The lowest BCUT2D eigenvalue weighted by molar-refractivity contribution is 0.249. The maximum Gasteiger partial charge on any atom is 0.128 e. The average molecular weight is 287 g/mol. The smallest absolute Gasteiger partial charge is 0.128 e. The monoisotopic (exact) mass is 287 g/mol. The van der Waals surface area contributed by atoms with Crippen LogP contribution in [0.3, 0.4) is 0 Å². The number of nitrogens with one attached hydrogen (secondary N) is 1. The minimum atomic E-state index is 0.713. The first kappa shape index (κ1) is 14.8. The Hall–Kier alpha value is -1.09. The molecule has 3 rings (SSSR count). The molecule has 0 aromatic carbocycles. The van der Waals surface area contributed by atoms with Crippen LogP contribution in [0.1, 0.15) is 51.9 Å². The van der Waals surface area contributed by atoms with Gasteiger partial charge in [-0.2, -0.15) is 0 Å². The molecule has 1 aliphatic heterocycles. The molecule has 2 aliphatic rings. The van der Waals surface area contributed by atoms with Crippen molar-refractivity contribution in [2.24, 2.45) is 5.92 Å². The molecule has 1 saturated heterocycles. The molecule has 0 bridgehead atoms. The van der Waals surface area contributed by atoms with Gasteiger partial charge in [0.15, 0.2) is 0 Å². The van der Waals surface area contributed by atoms with Crippen LogP contribution >= 0.6 is 0 Å². The molecular formula is C18H29N3. The molecule has 2 fully saturated rings. The summed E-state index contributed by atoms with van der Waals surface area (Å²) >= 11 is 0. The molecule has 2 atom stereocenters. The second-order valence-corrected chi connectivity index (χ2v) is 6.75. The Morgan fingerprint density at radius 3 is 2.71 bits per heavy atom. The molecule has 0 amide bonds. The average Bonchev–Trinajstić information content (AvgIpc) is 2.56. The summed E-state index contributed by atoms with van der Waals surface area (Å²) in [5.41, 5.74) is 0. The highest BCUT2D eigenvalue weighted by Gasteiger charge is 2.25. The van der Waals surface area contributed by atoms with E-state index in [0.29, 0.717) is 6.04 Å². The van der Waals surface area contributed by atoms with Crippen LogP contribution in [0.2, 0.25) is 0 Å². The minimum absolute atomic E-state index is 0.713. The molecule has 116 valence electrons. The molecular weight excluding hydrogens is 258 g/mol. The van der Waals surface area contributed by atoms with Gasteiger partial charge in [0.05, 0.1) is 0 Å². The van der Waals surface area contributed by atoms with Crippen molar-refractivity contribution in [3.8, 4) is 0 Å². The predicted molar refractivity (Wildman–Crippen MR) is 88.6 cm³/mol. The summed E-state index contributed by atoms with van der Waals surface area (Å²) < 4.78 is 0. The largest absolute Gasteiger partial charge is 0.357 e. The fourth-order valence-electron chi connectivity index (χ4n) is 3.96. The van der Waals surface area contributed by atoms with Gasteiger partial charge >= 0.3 is 0 Å². The van der Waals surface area contributed by atoms with Crippen molar-refractivity contribution in [2.75, 3.05) is 18.0 Å². The standard InChI is InChI=1S/C18H29N3/c1-2-15-6-5-7-17(14-15)20-16-9-12-21(13-10-16)18-8-3-4-11-19-18/h3-4,8,11,15-17,20H,2,5-7,9-10,12-14H2,1H3. The number of hydrogen-bond acceptors (Lipinski definition) is 3. The number of hydrogen-bond donors (Lipinski definition) is 1. The van der Waals surface area contributed by atoms with E-state index in [0.717, 1.165) is 30.9 Å². The first-order valence-corrected chi connectivity index (χ1v) is 8.77. The van der Waals surface area contributed by atoms with E-state index in [2.05, 4.69) is 34.3 Å². The molecule has 1 aliphatic carbocycles. The van der Waals surface area contributed by atoms with Crippen LogP contribution in [-0.2, 0) is 0 Å². The third-order valence-corrected chi connectivity index (χ3v) is 5.30. The van der Waals surface area contributed by atoms with E-state index in [9.17, 15) is 0 Å². The Labute approximate surface area is 129 Å². The van der Waals surface area contributed by atoms with Crippen LogP contribution < -0.4 is 10.2 Å². The Morgan fingerprint density at radius 2 is 2.00 bits per heavy atom. The number of aromatic nitrogens is 1. The lowest BCUT2D eigenvalue weighted by Crippen LogP contribution is -2.47. The van der Waals surface area contributed by atoms with E-state index in [1.165, 1.54) is 44.9 Å². The second kappa shape index (κ2) is 7.26. The predicted octanol–water partition coefficient (Wildman–Crippen LogP) is 3.61. The minimum Gasteiger partial charge on any atom is -0.357 e. The van der Waals surface area contributed by atoms with Crippen molar-refractivity contribution >= 4 is 5.82 Å². The SMILES string of the molecule is CCC1CCCC(NC2CCN(c3ccccn3)CC2)C1. The molecule has 1 aromatic rings. The summed E-state index contributed by atoms with van der Waals surface area (Å²) in [6.45, 7) is 4.62. The Bertz CT molecular complexity index is 412. The van der Waals surface area contributed by atoms with Gasteiger partial charge in [0.2, 0.25) is 0 Å². The zero-order chi connectivity index (χ0) is 14.5. The summed E-state index contributed by atoms with van der Waals surface area (Å²) in [6.07, 6.45) is 11.4. The van der Waals surface area contributed by atoms with Crippen LogP contribution in [-0.4, -0.2) is 30.2 Å². The van der Waals surface area contributed by atoms with Crippen molar-refractivity contribution in [1.29, 1.82) is 0 Å². The number of pyridine rings is 1. The summed E-state index contributed by atoms with van der Waals surface area (Å²) in [7, 11) is 0. The summed E-state index contributed by atoms with van der Waals surface area (Å²) in [6, 6.07) is 7.69. The van der Waals surface area contributed by atoms with Gasteiger partial charge in [-0.05, 0) is 43.7 Å². The van der Waals surface area contributed by atoms with E-state index in [-0.39, 0.29) is 0 Å². The third kappa shape index (κ3) is 3.97. The molecule has 0 spiro atoms.